The van der Waals surface area contributed by atoms with E-state index in [1.807, 2.05) is 0 Å². The van der Waals surface area contributed by atoms with Crippen molar-refractivity contribution in [1.29, 1.82) is 0 Å². The second-order valence-corrected chi connectivity index (χ2v) is 6.61. The highest BCUT2D eigenvalue weighted by atomic mass is 16.3. The first kappa shape index (κ1) is 14.4. The molecule has 0 aliphatic heterocycles. The lowest BCUT2D eigenvalue weighted by atomic mass is 9.85. The number of aromatic amines is 1. The maximum Gasteiger partial charge on any atom is 0.287 e. The zero-order valence-electron chi connectivity index (χ0n) is 12.7. The van der Waals surface area contributed by atoms with E-state index >= 15 is 0 Å². The molecule has 0 spiro atoms. The van der Waals surface area contributed by atoms with Crippen molar-refractivity contribution in [1.82, 2.24) is 15.3 Å². The molecule has 120 valence electrons. The van der Waals surface area contributed by atoms with Gasteiger partial charge in [-0.2, -0.15) is 0 Å². The van der Waals surface area contributed by atoms with Crippen LogP contribution in [-0.2, 0) is 0 Å². The number of amides is 1. The van der Waals surface area contributed by atoms with Gasteiger partial charge >= 0.3 is 0 Å². The number of rotatable bonds is 3. The molecule has 2 aliphatic rings. The summed E-state index contributed by atoms with van der Waals surface area (Å²) in [6, 6.07) is 6.92. The molecule has 2 aliphatic carbocycles. The summed E-state index contributed by atoms with van der Waals surface area (Å²) in [4.78, 5) is 31.4. The van der Waals surface area contributed by atoms with Gasteiger partial charge in [-0.15, -0.1) is 0 Å². The van der Waals surface area contributed by atoms with Crippen LogP contribution in [0.3, 0.4) is 0 Å². The lowest BCUT2D eigenvalue weighted by Gasteiger charge is -2.30. The predicted molar refractivity (Wildman–Crippen MR) is 85.0 cm³/mol. The number of fused-ring (bicyclic) bond motifs is 3. The van der Waals surface area contributed by atoms with Crippen LogP contribution in [0, 0.1) is 17.8 Å². The van der Waals surface area contributed by atoms with Crippen molar-refractivity contribution in [2.45, 2.75) is 25.3 Å². The fourth-order valence-electron chi connectivity index (χ4n) is 4.31. The second-order valence-electron chi connectivity index (χ2n) is 6.61. The Kier molecular flexibility index (Phi) is 3.41. The van der Waals surface area contributed by atoms with Gasteiger partial charge in [0.25, 0.3) is 11.5 Å². The Morgan fingerprint density at radius 3 is 2.91 bits per heavy atom. The number of para-hydroxylation sites is 1. The highest BCUT2D eigenvalue weighted by Gasteiger charge is 2.47. The summed E-state index contributed by atoms with van der Waals surface area (Å²) in [6.07, 6.45) is 3.29. The number of hydrogen-bond acceptors (Lipinski definition) is 4. The average molecular weight is 313 g/mol. The van der Waals surface area contributed by atoms with E-state index in [0.29, 0.717) is 22.7 Å². The smallest absolute Gasteiger partial charge is 0.287 e. The third kappa shape index (κ3) is 2.34. The van der Waals surface area contributed by atoms with Crippen molar-refractivity contribution >= 4 is 16.8 Å². The lowest BCUT2D eigenvalue weighted by molar-refractivity contribution is 0.0851. The maximum atomic E-state index is 12.5. The largest absolute Gasteiger partial charge is 0.396 e. The molecule has 2 bridgehead atoms. The van der Waals surface area contributed by atoms with Crippen molar-refractivity contribution in [3.05, 3.63) is 40.4 Å². The SMILES string of the molecule is O=C(N[C@H]1[C@H]2CC[C@@H](C2)[C@@H]1CO)c1nc2ccccc2c(=O)[nH]1. The average Bonchev–Trinajstić information content (AvgIpc) is 3.16. The fourth-order valence-corrected chi connectivity index (χ4v) is 4.31. The van der Waals surface area contributed by atoms with E-state index in [1.165, 1.54) is 0 Å². The van der Waals surface area contributed by atoms with Crippen LogP contribution in [0.1, 0.15) is 29.9 Å². The van der Waals surface area contributed by atoms with E-state index in [4.69, 9.17) is 0 Å². The maximum absolute atomic E-state index is 12.5. The third-order valence-corrected chi connectivity index (χ3v) is 5.42. The topological polar surface area (TPSA) is 95.1 Å². The van der Waals surface area contributed by atoms with Gasteiger partial charge in [0.2, 0.25) is 0 Å². The van der Waals surface area contributed by atoms with Crippen molar-refractivity contribution in [2.75, 3.05) is 6.61 Å². The third-order valence-electron chi connectivity index (χ3n) is 5.42. The summed E-state index contributed by atoms with van der Waals surface area (Å²) < 4.78 is 0. The van der Waals surface area contributed by atoms with Crippen molar-refractivity contribution in [3.8, 4) is 0 Å². The molecule has 0 saturated heterocycles. The molecular formula is C17H19N3O3. The van der Waals surface area contributed by atoms with Crippen LogP contribution in [0.4, 0.5) is 0 Å². The first-order chi connectivity index (χ1) is 11.2. The lowest BCUT2D eigenvalue weighted by Crippen LogP contribution is -2.46. The van der Waals surface area contributed by atoms with Gasteiger partial charge in [-0.1, -0.05) is 12.1 Å². The van der Waals surface area contributed by atoms with Crippen LogP contribution >= 0.6 is 0 Å². The van der Waals surface area contributed by atoms with E-state index in [0.717, 1.165) is 19.3 Å². The van der Waals surface area contributed by atoms with Gasteiger partial charge in [-0.25, -0.2) is 4.98 Å². The minimum Gasteiger partial charge on any atom is -0.396 e. The van der Waals surface area contributed by atoms with Crippen molar-refractivity contribution in [3.63, 3.8) is 0 Å². The van der Waals surface area contributed by atoms with Gasteiger partial charge < -0.3 is 15.4 Å². The van der Waals surface area contributed by atoms with E-state index < -0.39 is 0 Å². The van der Waals surface area contributed by atoms with Crippen LogP contribution in [0.5, 0.6) is 0 Å². The van der Waals surface area contributed by atoms with Crippen LogP contribution in [0.25, 0.3) is 10.9 Å². The number of aliphatic hydroxyl groups is 1. The number of nitrogens with zero attached hydrogens (tertiary/aromatic N) is 1. The van der Waals surface area contributed by atoms with Crippen LogP contribution in [0.15, 0.2) is 29.1 Å². The molecule has 1 heterocycles. The summed E-state index contributed by atoms with van der Waals surface area (Å²) >= 11 is 0. The summed E-state index contributed by atoms with van der Waals surface area (Å²) in [7, 11) is 0. The summed E-state index contributed by atoms with van der Waals surface area (Å²) in [5.74, 6) is 0.703. The van der Waals surface area contributed by atoms with E-state index in [9.17, 15) is 14.7 Å². The molecule has 0 unspecified atom stereocenters. The Morgan fingerprint density at radius 2 is 2.09 bits per heavy atom. The number of benzene rings is 1. The van der Waals surface area contributed by atoms with E-state index in [2.05, 4.69) is 15.3 Å². The Morgan fingerprint density at radius 1 is 1.30 bits per heavy atom. The quantitative estimate of drug-likeness (QED) is 0.789. The normalized spacial score (nSPS) is 29.1. The summed E-state index contributed by atoms with van der Waals surface area (Å²) in [5, 5.41) is 13.1. The molecule has 23 heavy (non-hydrogen) atoms. The molecule has 1 aromatic heterocycles. The van der Waals surface area contributed by atoms with Crippen LogP contribution in [0.2, 0.25) is 0 Å². The summed E-state index contributed by atoms with van der Waals surface area (Å²) in [5.41, 5.74) is 0.195. The Hall–Kier alpha value is -2.21. The molecule has 2 fully saturated rings. The molecular weight excluding hydrogens is 294 g/mol. The van der Waals surface area contributed by atoms with E-state index in [-0.39, 0.29) is 35.9 Å². The molecule has 4 rings (SSSR count). The minimum absolute atomic E-state index is 0.0250. The first-order valence-electron chi connectivity index (χ1n) is 8.08. The predicted octanol–water partition coefficient (Wildman–Crippen LogP) is 1.06. The van der Waals surface area contributed by atoms with Crippen LogP contribution < -0.4 is 10.9 Å². The first-order valence-corrected chi connectivity index (χ1v) is 8.08. The van der Waals surface area contributed by atoms with Gasteiger partial charge in [0, 0.05) is 18.6 Å². The zero-order valence-corrected chi connectivity index (χ0v) is 12.7. The number of nitrogens with one attached hydrogen (secondary N) is 2. The Balaban J connectivity index is 1.61. The molecule has 1 aromatic carbocycles. The van der Waals surface area contributed by atoms with Gasteiger partial charge in [0.1, 0.15) is 0 Å². The van der Waals surface area contributed by atoms with E-state index in [1.54, 1.807) is 24.3 Å². The second kappa shape index (κ2) is 5.45. The van der Waals surface area contributed by atoms with Gasteiger partial charge in [-0.3, -0.25) is 9.59 Å². The number of aromatic nitrogens is 2. The molecule has 3 N–H and O–H groups in total. The molecule has 6 nitrogen and oxygen atoms in total. The number of carbonyl (C=O) groups is 1. The highest BCUT2D eigenvalue weighted by molar-refractivity contribution is 5.92. The molecule has 0 radical (unpaired) electrons. The molecule has 4 atom stereocenters. The number of hydrogen-bond donors (Lipinski definition) is 3. The molecule has 6 heteroatoms. The minimum atomic E-state index is -0.371. The van der Waals surface area contributed by atoms with Gasteiger partial charge in [0.05, 0.1) is 10.9 Å². The molecule has 1 amide bonds. The Labute approximate surface area is 132 Å². The van der Waals surface area contributed by atoms with Crippen molar-refractivity contribution < 1.29 is 9.90 Å². The Bertz CT molecular complexity index is 816. The van der Waals surface area contributed by atoms with Gasteiger partial charge in [0.15, 0.2) is 5.82 Å². The number of carbonyl (C=O) groups excluding carboxylic acids is 1. The van der Waals surface area contributed by atoms with Crippen LogP contribution in [-0.4, -0.2) is 33.6 Å². The highest BCUT2D eigenvalue weighted by Crippen LogP contribution is 2.48. The fraction of sp³-hybridized carbons (Fsp3) is 0.471. The van der Waals surface area contributed by atoms with Gasteiger partial charge in [-0.05, 0) is 43.2 Å². The molecule has 2 saturated carbocycles. The zero-order chi connectivity index (χ0) is 16.0. The standard InChI is InChI=1S/C17H19N3O3/c21-8-12-9-5-6-10(7-9)14(12)19-17(23)15-18-13-4-2-1-3-11(13)16(22)20-15/h1-4,9-10,12,14,21H,5-8H2,(H,19,23)(H,18,20,22)/t9-,10-,12-,14-/m0/s1. The summed E-state index contributed by atoms with van der Waals surface area (Å²) in [6.45, 7) is 0.0911. The monoisotopic (exact) mass is 313 g/mol. The van der Waals surface area contributed by atoms with Crippen molar-refractivity contribution in [2.24, 2.45) is 17.8 Å². The number of aliphatic hydroxyl groups excluding tert-OH is 1. The number of H-pyrrole nitrogens is 1. The molecule has 2 aromatic rings.